The van der Waals surface area contributed by atoms with Crippen LogP contribution in [0.1, 0.15) is 0 Å². The zero-order chi connectivity index (χ0) is 33.0. The molecule has 0 nitrogen and oxygen atoms in total. The van der Waals surface area contributed by atoms with Gasteiger partial charge in [-0.1, -0.05) is 188 Å². The second-order valence-electron chi connectivity index (χ2n) is 13.2. The van der Waals surface area contributed by atoms with Gasteiger partial charge in [-0.3, -0.25) is 0 Å². The highest BCUT2D eigenvalue weighted by atomic mass is 14.2. The first-order valence-electron chi connectivity index (χ1n) is 17.4. The van der Waals surface area contributed by atoms with E-state index < -0.39 is 0 Å². The van der Waals surface area contributed by atoms with Crippen molar-refractivity contribution in [3.8, 4) is 44.5 Å². The first-order valence-corrected chi connectivity index (χ1v) is 17.4. The average molecular weight is 633 g/mol. The zero-order valence-corrected chi connectivity index (χ0v) is 27.5. The van der Waals surface area contributed by atoms with Crippen LogP contribution in [0.4, 0.5) is 0 Å². The van der Waals surface area contributed by atoms with Crippen molar-refractivity contribution in [2.75, 3.05) is 0 Å². The molecule has 10 aromatic rings. The van der Waals surface area contributed by atoms with Crippen LogP contribution < -0.4 is 0 Å². The Labute approximate surface area is 291 Å². The molecule has 0 amide bonds. The second kappa shape index (κ2) is 11.6. The van der Waals surface area contributed by atoms with Crippen LogP contribution >= 0.6 is 0 Å². The smallest absolute Gasteiger partial charge is 0.00199 e. The minimum Gasteiger partial charge on any atom is -0.0616 e. The minimum absolute atomic E-state index is 1.21. The highest BCUT2D eigenvalue weighted by Gasteiger charge is 2.20. The SMILES string of the molecule is c1ccc(-c2cccc3ccccc23)c(-c2ccc3c(-c4cccc5ccccc45)c4ccccc4c(-c4cccc5ccccc45)c3c2)c1. The lowest BCUT2D eigenvalue weighted by molar-refractivity contribution is 1.61. The molecule has 0 unspecified atom stereocenters. The van der Waals surface area contributed by atoms with E-state index in [4.69, 9.17) is 0 Å². The van der Waals surface area contributed by atoms with Crippen molar-refractivity contribution < 1.29 is 0 Å². The Hall–Kier alpha value is -6.50. The summed E-state index contributed by atoms with van der Waals surface area (Å²) in [5, 5.41) is 12.6. The van der Waals surface area contributed by atoms with Gasteiger partial charge >= 0.3 is 0 Å². The van der Waals surface area contributed by atoms with Crippen LogP contribution in [0.5, 0.6) is 0 Å². The van der Waals surface area contributed by atoms with Crippen LogP contribution in [0.2, 0.25) is 0 Å². The van der Waals surface area contributed by atoms with Gasteiger partial charge in [0.05, 0.1) is 0 Å². The van der Waals surface area contributed by atoms with E-state index in [1.165, 1.54) is 98.4 Å². The van der Waals surface area contributed by atoms with Crippen molar-refractivity contribution in [1.82, 2.24) is 0 Å². The molecule has 0 heteroatoms. The summed E-state index contributed by atoms with van der Waals surface area (Å²) in [7, 11) is 0. The van der Waals surface area contributed by atoms with Gasteiger partial charge in [0.1, 0.15) is 0 Å². The van der Waals surface area contributed by atoms with Gasteiger partial charge in [-0.05, 0) is 104 Å². The topological polar surface area (TPSA) is 0 Å². The number of rotatable bonds is 4. The highest BCUT2D eigenvalue weighted by molar-refractivity contribution is 6.25. The first-order chi connectivity index (χ1) is 24.8. The fraction of sp³-hybridized carbons (Fsp3) is 0. The van der Waals surface area contributed by atoms with Crippen molar-refractivity contribution in [2.45, 2.75) is 0 Å². The molecule has 0 fully saturated rings. The summed E-state index contributed by atoms with van der Waals surface area (Å²) in [6.07, 6.45) is 0. The standard InChI is InChI=1S/C50H32/c1-4-20-37-33(14-1)17-11-27-42(37)41-24-8-7-23-40(41)36-30-31-47-48(32-36)50(44-29-13-19-35-16-3-6-22-39(35)44)46-26-10-9-25-45(46)49(47)43-28-12-18-34-15-2-5-21-38(34)43/h1-32H. The Bertz CT molecular complexity index is 2910. The van der Waals surface area contributed by atoms with Gasteiger partial charge in [-0.2, -0.15) is 0 Å². The molecule has 0 saturated heterocycles. The lowest BCUT2D eigenvalue weighted by Gasteiger charge is -2.21. The molecule has 0 aliphatic rings. The van der Waals surface area contributed by atoms with Gasteiger partial charge in [0, 0.05) is 0 Å². The molecule has 232 valence electrons. The van der Waals surface area contributed by atoms with E-state index in [-0.39, 0.29) is 0 Å². The maximum absolute atomic E-state index is 2.46. The van der Waals surface area contributed by atoms with Crippen LogP contribution in [0, 0.1) is 0 Å². The van der Waals surface area contributed by atoms with Gasteiger partial charge < -0.3 is 0 Å². The van der Waals surface area contributed by atoms with Crippen molar-refractivity contribution >= 4 is 53.9 Å². The molecule has 0 atom stereocenters. The molecule has 0 aliphatic carbocycles. The van der Waals surface area contributed by atoms with Crippen molar-refractivity contribution in [3.63, 3.8) is 0 Å². The number of benzene rings is 10. The Kier molecular flexibility index (Phi) is 6.60. The van der Waals surface area contributed by atoms with Crippen LogP contribution in [0.15, 0.2) is 194 Å². The van der Waals surface area contributed by atoms with E-state index in [0.717, 1.165) is 0 Å². The maximum Gasteiger partial charge on any atom is -0.00199 e. The molecule has 0 heterocycles. The molecule has 0 radical (unpaired) electrons. The zero-order valence-electron chi connectivity index (χ0n) is 27.5. The van der Waals surface area contributed by atoms with Crippen LogP contribution in [0.25, 0.3) is 98.4 Å². The summed E-state index contributed by atoms with van der Waals surface area (Å²) in [6.45, 7) is 0. The third-order valence-corrected chi connectivity index (χ3v) is 10.5. The quantitative estimate of drug-likeness (QED) is 0.169. The summed E-state index contributed by atoms with van der Waals surface area (Å²) < 4.78 is 0. The summed E-state index contributed by atoms with van der Waals surface area (Å²) in [5.41, 5.74) is 10.0. The fourth-order valence-electron chi connectivity index (χ4n) is 8.24. The molecule has 50 heavy (non-hydrogen) atoms. The summed E-state index contributed by atoms with van der Waals surface area (Å²) in [5.74, 6) is 0. The molecular formula is C50H32. The van der Waals surface area contributed by atoms with E-state index in [0.29, 0.717) is 0 Å². The second-order valence-corrected chi connectivity index (χ2v) is 13.2. The Balaban J connectivity index is 1.35. The molecule has 10 rings (SSSR count). The van der Waals surface area contributed by atoms with Gasteiger partial charge in [0.25, 0.3) is 0 Å². The third kappa shape index (κ3) is 4.46. The fourth-order valence-corrected chi connectivity index (χ4v) is 8.24. The lowest BCUT2D eigenvalue weighted by Crippen LogP contribution is -1.93. The third-order valence-electron chi connectivity index (χ3n) is 10.5. The molecule has 0 bridgehead atoms. The van der Waals surface area contributed by atoms with Gasteiger partial charge in [-0.25, -0.2) is 0 Å². The van der Waals surface area contributed by atoms with Crippen molar-refractivity contribution in [3.05, 3.63) is 194 Å². The predicted molar refractivity (Wildman–Crippen MR) is 216 cm³/mol. The molecule has 0 saturated carbocycles. The van der Waals surface area contributed by atoms with E-state index >= 15 is 0 Å². The largest absolute Gasteiger partial charge is 0.0616 e. The van der Waals surface area contributed by atoms with E-state index in [1.807, 2.05) is 0 Å². The number of hydrogen-bond donors (Lipinski definition) is 0. The molecular weight excluding hydrogens is 601 g/mol. The molecule has 0 aromatic heterocycles. The van der Waals surface area contributed by atoms with Crippen molar-refractivity contribution in [2.24, 2.45) is 0 Å². The Morgan fingerprint density at radius 1 is 0.200 bits per heavy atom. The average Bonchev–Trinajstić information content (AvgIpc) is 3.19. The van der Waals surface area contributed by atoms with Gasteiger partial charge in [0.15, 0.2) is 0 Å². The molecule has 0 spiro atoms. The van der Waals surface area contributed by atoms with E-state index in [2.05, 4.69) is 194 Å². The minimum atomic E-state index is 1.21. The normalized spacial score (nSPS) is 11.6. The molecule has 0 N–H and O–H groups in total. The molecule has 10 aromatic carbocycles. The van der Waals surface area contributed by atoms with Gasteiger partial charge in [-0.15, -0.1) is 0 Å². The summed E-state index contributed by atoms with van der Waals surface area (Å²) in [4.78, 5) is 0. The van der Waals surface area contributed by atoms with Crippen LogP contribution in [-0.4, -0.2) is 0 Å². The van der Waals surface area contributed by atoms with Gasteiger partial charge in [0.2, 0.25) is 0 Å². The lowest BCUT2D eigenvalue weighted by atomic mass is 9.82. The van der Waals surface area contributed by atoms with Crippen LogP contribution in [-0.2, 0) is 0 Å². The maximum atomic E-state index is 2.46. The van der Waals surface area contributed by atoms with E-state index in [1.54, 1.807) is 0 Å². The predicted octanol–water partition coefficient (Wildman–Crippen LogP) is 14.1. The Morgan fingerprint density at radius 3 is 1.12 bits per heavy atom. The highest BCUT2D eigenvalue weighted by Crippen LogP contribution is 2.48. The Morgan fingerprint density at radius 2 is 0.560 bits per heavy atom. The summed E-state index contributed by atoms with van der Waals surface area (Å²) >= 11 is 0. The first kappa shape index (κ1) is 28.5. The van der Waals surface area contributed by atoms with Crippen molar-refractivity contribution in [1.29, 1.82) is 0 Å². The number of fused-ring (bicyclic) bond motifs is 5. The summed E-state index contributed by atoms with van der Waals surface area (Å²) in [6, 6.07) is 71.4. The van der Waals surface area contributed by atoms with Crippen LogP contribution in [0.3, 0.4) is 0 Å². The number of hydrogen-bond acceptors (Lipinski definition) is 0. The molecule has 0 aliphatic heterocycles. The van der Waals surface area contributed by atoms with E-state index in [9.17, 15) is 0 Å². The monoisotopic (exact) mass is 632 g/mol.